The maximum atomic E-state index is 12.0. The van der Waals surface area contributed by atoms with Gasteiger partial charge in [0.2, 0.25) is 0 Å². The number of aryl methyl sites for hydroxylation is 1. The van der Waals surface area contributed by atoms with Crippen LogP contribution in [0.2, 0.25) is 0 Å². The Morgan fingerprint density at radius 1 is 1.39 bits per heavy atom. The fraction of sp³-hybridized carbons (Fsp3) is 0.667. The minimum absolute atomic E-state index is 0.259. The van der Waals surface area contributed by atoms with Gasteiger partial charge in [0.15, 0.2) is 4.73 Å². The van der Waals surface area contributed by atoms with Crippen LogP contribution in [0.25, 0.3) is 0 Å². The molecule has 0 bridgehead atoms. The van der Waals surface area contributed by atoms with Crippen molar-refractivity contribution in [1.82, 2.24) is 14.5 Å². The van der Waals surface area contributed by atoms with Crippen LogP contribution in [0.15, 0.2) is 4.73 Å². The van der Waals surface area contributed by atoms with Gasteiger partial charge >= 0.3 is 6.09 Å². The number of fused-ring (bicyclic) bond motifs is 1. The van der Waals surface area contributed by atoms with Gasteiger partial charge in [0, 0.05) is 13.1 Å². The molecule has 0 atom stereocenters. The van der Waals surface area contributed by atoms with Gasteiger partial charge in [0.05, 0.1) is 17.9 Å². The fourth-order valence-corrected chi connectivity index (χ4v) is 2.62. The summed E-state index contributed by atoms with van der Waals surface area (Å²) in [5.74, 6) is 0. The van der Waals surface area contributed by atoms with E-state index in [1.54, 1.807) is 4.90 Å². The molecule has 100 valence electrons. The van der Waals surface area contributed by atoms with Gasteiger partial charge in [-0.05, 0) is 43.6 Å². The molecule has 0 aromatic carbocycles. The number of carbonyl (C=O) groups is 1. The molecule has 2 rings (SSSR count). The number of ether oxygens (including phenoxy) is 1. The molecule has 0 unspecified atom stereocenters. The fourth-order valence-electron chi connectivity index (χ4n) is 1.96. The maximum absolute atomic E-state index is 12.0. The summed E-state index contributed by atoms with van der Waals surface area (Å²) in [4.78, 5) is 18.1. The zero-order chi connectivity index (χ0) is 13.5. The van der Waals surface area contributed by atoms with Crippen molar-refractivity contribution in [2.45, 2.75) is 46.4 Å². The minimum atomic E-state index is -0.454. The summed E-state index contributed by atoms with van der Waals surface area (Å²) in [6.07, 6.45) is -0.259. The lowest BCUT2D eigenvalue weighted by Crippen LogP contribution is -2.41. The Bertz CT molecular complexity index is 476. The molecular formula is C12H18BrN3O2. The van der Waals surface area contributed by atoms with Crippen molar-refractivity contribution in [3.05, 3.63) is 16.1 Å². The summed E-state index contributed by atoms with van der Waals surface area (Å²) < 4.78 is 8.31. The van der Waals surface area contributed by atoms with Crippen LogP contribution in [-0.2, 0) is 17.8 Å². The van der Waals surface area contributed by atoms with Gasteiger partial charge in [-0.1, -0.05) is 0 Å². The van der Waals surface area contributed by atoms with Crippen molar-refractivity contribution in [3.63, 3.8) is 0 Å². The number of nitrogens with zero attached hydrogens (tertiary/aromatic N) is 3. The van der Waals surface area contributed by atoms with Gasteiger partial charge in [0.25, 0.3) is 0 Å². The first kappa shape index (κ1) is 13.4. The van der Waals surface area contributed by atoms with E-state index in [0.29, 0.717) is 13.1 Å². The van der Waals surface area contributed by atoms with Crippen LogP contribution in [0.3, 0.4) is 0 Å². The van der Waals surface area contributed by atoms with Crippen LogP contribution < -0.4 is 0 Å². The lowest BCUT2D eigenvalue weighted by atomic mass is 10.2. The van der Waals surface area contributed by atoms with Crippen LogP contribution in [0.1, 0.15) is 32.2 Å². The molecule has 1 aromatic rings. The Balaban J connectivity index is 2.12. The molecule has 5 nitrogen and oxygen atoms in total. The predicted octanol–water partition coefficient (Wildman–Crippen LogP) is 2.70. The smallest absolute Gasteiger partial charge is 0.410 e. The third-order valence-corrected chi connectivity index (χ3v) is 3.42. The number of carbonyl (C=O) groups excluding carboxylic acids is 1. The molecule has 1 amide bonds. The van der Waals surface area contributed by atoms with E-state index < -0.39 is 5.60 Å². The van der Waals surface area contributed by atoms with E-state index in [9.17, 15) is 4.79 Å². The van der Waals surface area contributed by atoms with Gasteiger partial charge in [-0.3, -0.25) is 0 Å². The Hall–Kier alpha value is -1.04. The molecule has 0 N–H and O–H groups in total. The number of hydrogen-bond donors (Lipinski definition) is 0. The normalized spacial score (nSPS) is 15.5. The average molecular weight is 316 g/mol. The number of halogens is 1. The molecule has 18 heavy (non-hydrogen) atoms. The van der Waals surface area contributed by atoms with Crippen LogP contribution in [0.5, 0.6) is 0 Å². The van der Waals surface area contributed by atoms with Crippen LogP contribution in [0, 0.1) is 6.92 Å². The maximum Gasteiger partial charge on any atom is 0.410 e. The van der Waals surface area contributed by atoms with Crippen molar-refractivity contribution in [3.8, 4) is 0 Å². The van der Waals surface area contributed by atoms with Gasteiger partial charge in [0.1, 0.15) is 5.60 Å². The molecule has 0 saturated carbocycles. The van der Waals surface area contributed by atoms with Gasteiger partial charge in [-0.2, -0.15) is 0 Å². The molecule has 1 aliphatic rings. The van der Waals surface area contributed by atoms with E-state index in [4.69, 9.17) is 4.74 Å². The van der Waals surface area contributed by atoms with Crippen LogP contribution in [-0.4, -0.2) is 32.7 Å². The Morgan fingerprint density at radius 2 is 2.06 bits per heavy atom. The molecule has 0 fully saturated rings. The first-order valence-electron chi connectivity index (χ1n) is 5.97. The largest absolute Gasteiger partial charge is 0.444 e. The summed E-state index contributed by atoms with van der Waals surface area (Å²) >= 11 is 3.43. The minimum Gasteiger partial charge on any atom is -0.444 e. The molecule has 0 spiro atoms. The molecule has 0 radical (unpaired) electrons. The van der Waals surface area contributed by atoms with E-state index in [-0.39, 0.29) is 6.09 Å². The highest BCUT2D eigenvalue weighted by atomic mass is 79.9. The second-order valence-electron chi connectivity index (χ2n) is 5.47. The van der Waals surface area contributed by atoms with Crippen molar-refractivity contribution in [2.75, 3.05) is 6.54 Å². The predicted molar refractivity (Wildman–Crippen MR) is 71.3 cm³/mol. The number of aromatic nitrogens is 2. The zero-order valence-electron chi connectivity index (χ0n) is 11.2. The third kappa shape index (κ3) is 2.68. The topological polar surface area (TPSA) is 47.4 Å². The van der Waals surface area contributed by atoms with E-state index >= 15 is 0 Å². The molecule has 0 saturated heterocycles. The van der Waals surface area contributed by atoms with Crippen molar-refractivity contribution < 1.29 is 9.53 Å². The Labute approximate surface area is 115 Å². The number of rotatable bonds is 0. The molecule has 1 aromatic heterocycles. The first-order chi connectivity index (χ1) is 8.28. The van der Waals surface area contributed by atoms with Crippen LogP contribution in [0.4, 0.5) is 4.79 Å². The summed E-state index contributed by atoms with van der Waals surface area (Å²) in [5, 5.41) is 0. The number of amides is 1. The summed E-state index contributed by atoms with van der Waals surface area (Å²) in [6, 6.07) is 0. The third-order valence-electron chi connectivity index (χ3n) is 2.81. The van der Waals surface area contributed by atoms with Gasteiger partial charge in [-0.25, -0.2) is 9.78 Å². The van der Waals surface area contributed by atoms with Crippen molar-refractivity contribution >= 4 is 22.0 Å². The highest BCUT2D eigenvalue weighted by Crippen LogP contribution is 2.23. The van der Waals surface area contributed by atoms with Gasteiger partial charge in [-0.15, -0.1) is 0 Å². The second-order valence-corrected chi connectivity index (χ2v) is 6.18. The monoisotopic (exact) mass is 315 g/mol. The van der Waals surface area contributed by atoms with E-state index in [0.717, 1.165) is 22.7 Å². The van der Waals surface area contributed by atoms with Gasteiger partial charge < -0.3 is 14.2 Å². The SMILES string of the molecule is Cc1nc(Br)n2c1CN(C(=O)OC(C)(C)C)CC2. The quantitative estimate of drug-likeness (QED) is 0.739. The standard InChI is InChI=1S/C12H18BrN3O2/c1-8-9-7-15(11(17)18-12(2,3)4)5-6-16(9)10(13)14-8/h5-7H2,1-4H3. The van der Waals surface area contributed by atoms with E-state index in [1.807, 2.05) is 27.7 Å². The second kappa shape index (κ2) is 4.57. The molecular weight excluding hydrogens is 298 g/mol. The number of hydrogen-bond acceptors (Lipinski definition) is 3. The van der Waals surface area contributed by atoms with Crippen molar-refractivity contribution in [1.29, 1.82) is 0 Å². The van der Waals surface area contributed by atoms with E-state index in [2.05, 4.69) is 25.5 Å². The summed E-state index contributed by atoms with van der Waals surface area (Å²) in [5.41, 5.74) is 1.57. The van der Waals surface area contributed by atoms with Crippen LogP contribution >= 0.6 is 15.9 Å². The summed E-state index contributed by atoms with van der Waals surface area (Å²) in [7, 11) is 0. The highest BCUT2D eigenvalue weighted by Gasteiger charge is 2.27. The molecule has 1 aliphatic heterocycles. The zero-order valence-corrected chi connectivity index (χ0v) is 12.7. The lowest BCUT2D eigenvalue weighted by molar-refractivity contribution is 0.0198. The number of imidazole rings is 1. The molecule has 2 heterocycles. The molecule has 6 heteroatoms. The Kier molecular flexibility index (Phi) is 3.40. The first-order valence-corrected chi connectivity index (χ1v) is 6.76. The summed E-state index contributed by atoms with van der Waals surface area (Å²) in [6.45, 7) is 9.53. The van der Waals surface area contributed by atoms with E-state index in [1.165, 1.54) is 0 Å². The Morgan fingerprint density at radius 3 is 2.67 bits per heavy atom. The highest BCUT2D eigenvalue weighted by molar-refractivity contribution is 9.10. The molecule has 0 aliphatic carbocycles. The van der Waals surface area contributed by atoms with Crippen molar-refractivity contribution in [2.24, 2.45) is 0 Å². The lowest BCUT2D eigenvalue weighted by Gasteiger charge is -2.31. The average Bonchev–Trinajstić information content (AvgIpc) is 2.52.